The van der Waals surface area contributed by atoms with Gasteiger partial charge in [0.1, 0.15) is 5.75 Å². The lowest BCUT2D eigenvalue weighted by Crippen LogP contribution is -2.46. The topological polar surface area (TPSA) is 26.7 Å². The van der Waals surface area contributed by atoms with Crippen LogP contribution in [0.2, 0.25) is 5.02 Å². The maximum Gasteiger partial charge on any atom is 0.121 e. The fourth-order valence-corrected chi connectivity index (χ4v) is 2.96. The van der Waals surface area contributed by atoms with E-state index in [-0.39, 0.29) is 5.75 Å². The molecule has 2 aromatic carbocycles. The zero-order valence-corrected chi connectivity index (χ0v) is 12.6. The predicted octanol–water partition coefficient (Wildman–Crippen LogP) is 3.37. The maximum absolute atomic E-state index is 9.93. The van der Waals surface area contributed by atoms with E-state index < -0.39 is 0 Å². The molecule has 1 saturated heterocycles. The Morgan fingerprint density at radius 2 is 1.62 bits per heavy atom. The number of piperazine rings is 1. The summed E-state index contributed by atoms with van der Waals surface area (Å²) in [5, 5.41) is 10.6. The molecule has 0 aromatic heterocycles. The van der Waals surface area contributed by atoms with E-state index in [1.807, 2.05) is 12.1 Å². The third-order valence-electron chi connectivity index (χ3n) is 3.97. The molecule has 110 valence electrons. The number of nitrogens with zero attached hydrogens (tertiary/aromatic N) is 2. The standard InChI is InChI=1S/C17H19ClN2O/c18-16-7-4-8-17(21)15(16)13-19-9-11-20(12-10-19)14-5-2-1-3-6-14/h1-8,21H,9-13H2. The molecule has 0 spiro atoms. The van der Waals surface area contributed by atoms with Crippen LogP contribution in [0.1, 0.15) is 5.56 Å². The van der Waals surface area contributed by atoms with Crippen molar-refractivity contribution in [1.29, 1.82) is 0 Å². The third-order valence-corrected chi connectivity index (χ3v) is 4.32. The number of para-hydroxylation sites is 1. The van der Waals surface area contributed by atoms with Crippen molar-refractivity contribution < 1.29 is 5.11 Å². The van der Waals surface area contributed by atoms with Gasteiger partial charge in [0.2, 0.25) is 0 Å². The molecule has 3 nitrogen and oxygen atoms in total. The Hall–Kier alpha value is -1.71. The molecule has 2 aromatic rings. The Kier molecular flexibility index (Phi) is 4.32. The lowest BCUT2D eigenvalue weighted by Gasteiger charge is -2.36. The first kappa shape index (κ1) is 14.2. The highest BCUT2D eigenvalue weighted by atomic mass is 35.5. The first-order valence-corrected chi connectivity index (χ1v) is 7.60. The monoisotopic (exact) mass is 302 g/mol. The molecule has 0 unspecified atom stereocenters. The number of hydrogen-bond donors (Lipinski definition) is 1. The molecule has 0 radical (unpaired) electrons. The minimum absolute atomic E-state index is 0.285. The molecule has 0 bridgehead atoms. The van der Waals surface area contributed by atoms with Gasteiger partial charge in [-0.1, -0.05) is 35.9 Å². The summed E-state index contributed by atoms with van der Waals surface area (Å²) in [6.45, 7) is 4.64. The zero-order valence-electron chi connectivity index (χ0n) is 11.9. The summed E-state index contributed by atoms with van der Waals surface area (Å²) >= 11 is 6.18. The van der Waals surface area contributed by atoms with E-state index in [2.05, 4.69) is 34.1 Å². The lowest BCUT2D eigenvalue weighted by molar-refractivity contribution is 0.247. The Labute approximate surface area is 130 Å². The van der Waals surface area contributed by atoms with Crippen LogP contribution in [0.25, 0.3) is 0 Å². The number of halogens is 1. The number of hydrogen-bond acceptors (Lipinski definition) is 3. The van der Waals surface area contributed by atoms with E-state index in [9.17, 15) is 5.11 Å². The van der Waals surface area contributed by atoms with Crippen molar-refractivity contribution in [2.24, 2.45) is 0 Å². The Morgan fingerprint density at radius 3 is 2.29 bits per heavy atom. The van der Waals surface area contributed by atoms with Crippen LogP contribution in [0.4, 0.5) is 5.69 Å². The first-order valence-electron chi connectivity index (χ1n) is 7.23. The Balaban J connectivity index is 1.62. The number of benzene rings is 2. The highest BCUT2D eigenvalue weighted by Crippen LogP contribution is 2.27. The van der Waals surface area contributed by atoms with Crippen molar-refractivity contribution in [1.82, 2.24) is 4.90 Å². The van der Waals surface area contributed by atoms with Crippen molar-refractivity contribution in [2.45, 2.75) is 6.54 Å². The maximum atomic E-state index is 9.93. The minimum atomic E-state index is 0.285. The van der Waals surface area contributed by atoms with E-state index >= 15 is 0 Å². The van der Waals surface area contributed by atoms with Crippen LogP contribution in [0, 0.1) is 0 Å². The van der Waals surface area contributed by atoms with Gasteiger partial charge in [0, 0.05) is 49.0 Å². The van der Waals surface area contributed by atoms with Crippen molar-refractivity contribution in [2.75, 3.05) is 31.1 Å². The fraction of sp³-hybridized carbons (Fsp3) is 0.294. The van der Waals surface area contributed by atoms with Gasteiger partial charge in [0.25, 0.3) is 0 Å². The summed E-state index contributed by atoms with van der Waals surface area (Å²) < 4.78 is 0. The molecule has 1 heterocycles. The van der Waals surface area contributed by atoms with Crippen molar-refractivity contribution >= 4 is 17.3 Å². The summed E-state index contributed by atoms with van der Waals surface area (Å²) in [6.07, 6.45) is 0. The molecule has 1 aliphatic heterocycles. The van der Waals surface area contributed by atoms with Crippen LogP contribution in [0.3, 0.4) is 0 Å². The normalized spacial score (nSPS) is 16.1. The second-order valence-corrected chi connectivity index (χ2v) is 5.74. The highest BCUT2D eigenvalue weighted by Gasteiger charge is 2.19. The second kappa shape index (κ2) is 6.37. The predicted molar refractivity (Wildman–Crippen MR) is 87.0 cm³/mol. The van der Waals surface area contributed by atoms with Crippen LogP contribution in [-0.4, -0.2) is 36.2 Å². The molecule has 3 rings (SSSR count). The van der Waals surface area contributed by atoms with Gasteiger partial charge >= 0.3 is 0 Å². The van der Waals surface area contributed by atoms with Gasteiger partial charge in [-0.15, -0.1) is 0 Å². The molecule has 1 aliphatic rings. The molecular formula is C17H19ClN2O. The summed E-state index contributed by atoms with van der Waals surface area (Å²) in [5.74, 6) is 0.285. The van der Waals surface area contributed by atoms with Gasteiger partial charge < -0.3 is 10.0 Å². The van der Waals surface area contributed by atoms with Gasteiger partial charge in [0.15, 0.2) is 0 Å². The summed E-state index contributed by atoms with van der Waals surface area (Å²) in [6, 6.07) is 15.8. The second-order valence-electron chi connectivity index (χ2n) is 5.34. The van der Waals surface area contributed by atoms with Crippen molar-refractivity contribution in [3.05, 3.63) is 59.1 Å². The molecule has 0 amide bonds. The summed E-state index contributed by atoms with van der Waals surface area (Å²) in [5.41, 5.74) is 2.10. The average molecular weight is 303 g/mol. The van der Waals surface area contributed by atoms with E-state index in [0.29, 0.717) is 11.6 Å². The van der Waals surface area contributed by atoms with Crippen molar-refractivity contribution in [3.8, 4) is 5.75 Å². The van der Waals surface area contributed by atoms with Gasteiger partial charge in [-0.2, -0.15) is 0 Å². The molecule has 1 fully saturated rings. The smallest absolute Gasteiger partial charge is 0.121 e. The molecule has 1 N–H and O–H groups in total. The minimum Gasteiger partial charge on any atom is -0.508 e. The van der Waals surface area contributed by atoms with Crippen LogP contribution in [0.15, 0.2) is 48.5 Å². The van der Waals surface area contributed by atoms with Crippen LogP contribution in [0.5, 0.6) is 5.75 Å². The summed E-state index contributed by atoms with van der Waals surface area (Å²) in [7, 11) is 0. The molecule has 0 saturated carbocycles. The first-order chi connectivity index (χ1) is 10.2. The van der Waals surface area contributed by atoms with Gasteiger partial charge in [-0.05, 0) is 24.3 Å². The number of rotatable bonds is 3. The number of aromatic hydroxyl groups is 1. The van der Waals surface area contributed by atoms with E-state index in [0.717, 1.165) is 31.7 Å². The van der Waals surface area contributed by atoms with Crippen LogP contribution in [-0.2, 0) is 6.54 Å². The van der Waals surface area contributed by atoms with Gasteiger partial charge in [-0.3, -0.25) is 4.90 Å². The zero-order chi connectivity index (χ0) is 14.7. The van der Waals surface area contributed by atoms with Gasteiger partial charge in [-0.25, -0.2) is 0 Å². The fourth-order valence-electron chi connectivity index (χ4n) is 2.73. The van der Waals surface area contributed by atoms with E-state index in [1.165, 1.54) is 5.69 Å². The number of anilines is 1. The summed E-state index contributed by atoms with van der Waals surface area (Å²) in [4.78, 5) is 4.73. The largest absolute Gasteiger partial charge is 0.508 e. The molecule has 21 heavy (non-hydrogen) atoms. The van der Waals surface area contributed by atoms with E-state index in [1.54, 1.807) is 12.1 Å². The van der Waals surface area contributed by atoms with Crippen LogP contribution >= 0.6 is 11.6 Å². The van der Waals surface area contributed by atoms with Gasteiger partial charge in [0.05, 0.1) is 0 Å². The lowest BCUT2D eigenvalue weighted by atomic mass is 10.1. The number of phenolic OH excluding ortho intramolecular Hbond substituents is 1. The molecule has 0 aliphatic carbocycles. The average Bonchev–Trinajstić information content (AvgIpc) is 2.53. The van der Waals surface area contributed by atoms with Crippen LogP contribution < -0.4 is 4.90 Å². The SMILES string of the molecule is Oc1cccc(Cl)c1CN1CCN(c2ccccc2)CC1. The van der Waals surface area contributed by atoms with Crippen molar-refractivity contribution in [3.63, 3.8) is 0 Å². The molecule has 0 atom stereocenters. The quantitative estimate of drug-likeness (QED) is 0.942. The Morgan fingerprint density at radius 1 is 0.905 bits per heavy atom. The molecular weight excluding hydrogens is 284 g/mol. The molecule has 4 heteroatoms. The highest BCUT2D eigenvalue weighted by molar-refractivity contribution is 6.31. The third kappa shape index (κ3) is 3.31. The van der Waals surface area contributed by atoms with E-state index in [4.69, 9.17) is 11.6 Å². The Bertz CT molecular complexity index is 575. The number of phenols is 1.